The number of hydrogen-bond donors (Lipinski definition) is 1. The molecule has 2 aromatic rings. The molecule has 1 amide bonds. The minimum Gasteiger partial charge on any atom is -0.451 e. The Bertz CT molecular complexity index is 517. The van der Waals surface area contributed by atoms with Crippen LogP contribution in [0.1, 0.15) is 30.3 Å². The maximum atomic E-state index is 11.9. The summed E-state index contributed by atoms with van der Waals surface area (Å²) in [7, 11) is 0. The molecule has 0 radical (unpaired) electrons. The maximum Gasteiger partial charge on any atom is 0.287 e. The molecule has 1 aromatic carbocycles. The number of benzene rings is 1. The highest BCUT2D eigenvalue weighted by atomic mass is 35.5. The van der Waals surface area contributed by atoms with Crippen molar-refractivity contribution in [1.82, 2.24) is 5.32 Å². The number of hydrogen-bond acceptors (Lipinski definition) is 2. The summed E-state index contributed by atoms with van der Waals surface area (Å²) in [6, 6.07) is 9.37. The second kappa shape index (κ2) is 6.62. The Balaban J connectivity index is 1.86. The van der Waals surface area contributed by atoms with E-state index in [4.69, 9.17) is 16.0 Å². The van der Waals surface area contributed by atoms with E-state index in [0.717, 1.165) is 23.8 Å². The molecule has 19 heavy (non-hydrogen) atoms. The van der Waals surface area contributed by atoms with Crippen LogP contribution in [-0.4, -0.2) is 18.3 Å². The van der Waals surface area contributed by atoms with Crippen molar-refractivity contribution in [3.63, 3.8) is 0 Å². The molecular weight excluding hydrogens is 262 g/mol. The van der Waals surface area contributed by atoms with Crippen LogP contribution in [0.3, 0.4) is 0 Å². The van der Waals surface area contributed by atoms with Gasteiger partial charge in [-0.1, -0.05) is 25.1 Å². The SMILES string of the molecule is CC(CCl)CCCNC(=O)c1cc2ccccc2o1. The second-order valence-corrected chi connectivity index (χ2v) is 5.11. The first kappa shape index (κ1) is 13.9. The van der Waals surface area contributed by atoms with Crippen molar-refractivity contribution in [1.29, 1.82) is 0 Å². The number of carbonyl (C=O) groups is 1. The van der Waals surface area contributed by atoms with Gasteiger partial charge in [0.25, 0.3) is 5.91 Å². The lowest BCUT2D eigenvalue weighted by Crippen LogP contribution is -2.24. The molecule has 102 valence electrons. The van der Waals surface area contributed by atoms with E-state index >= 15 is 0 Å². The summed E-state index contributed by atoms with van der Waals surface area (Å²) in [4.78, 5) is 11.9. The monoisotopic (exact) mass is 279 g/mol. The average Bonchev–Trinajstić information content (AvgIpc) is 2.87. The summed E-state index contributed by atoms with van der Waals surface area (Å²) >= 11 is 5.73. The van der Waals surface area contributed by atoms with Gasteiger partial charge in [-0.2, -0.15) is 0 Å². The summed E-state index contributed by atoms with van der Waals surface area (Å²) in [5, 5.41) is 3.81. The topological polar surface area (TPSA) is 42.2 Å². The van der Waals surface area contributed by atoms with E-state index in [1.807, 2.05) is 24.3 Å². The average molecular weight is 280 g/mol. The second-order valence-electron chi connectivity index (χ2n) is 4.81. The molecule has 1 heterocycles. The number of carbonyl (C=O) groups excluding carboxylic acids is 1. The molecular formula is C15H18ClNO2. The molecule has 0 spiro atoms. The Hall–Kier alpha value is -1.48. The zero-order valence-electron chi connectivity index (χ0n) is 11.0. The molecule has 1 unspecified atom stereocenters. The quantitative estimate of drug-likeness (QED) is 0.645. The Morgan fingerprint density at radius 1 is 1.42 bits per heavy atom. The van der Waals surface area contributed by atoms with Crippen molar-refractivity contribution in [2.75, 3.05) is 12.4 Å². The third kappa shape index (κ3) is 3.74. The molecule has 1 aromatic heterocycles. The summed E-state index contributed by atoms with van der Waals surface area (Å²) < 4.78 is 5.50. The fourth-order valence-electron chi connectivity index (χ4n) is 1.91. The smallest absolute Gasteiger partial charge is 0.287 e. The van der Waals surface area contributed by atoms with E-state index in [1.54, 1.807) is 6.07 Å². The molecule has 1 atom stereocenters. The first-order valence-corrected chi connectivity index (χ1v) is 7.07. The fourth-order valence-corrected chi connectivity index (χ4v) is 2.06. The van der Waals surface area contributed by atoms with Crippen molar-refractivity contribution in [3.8, 4) is 0 Å². The largest absolute Gasteiger partial charge is 0.451 e. The van der Waals surface area contributed by atoms with E-state index in [0.29, 0.717) is 24.1 Å². The van der Waals surface area contributed by atoms with Crippen LogP contribution < -0.4 is 5.32 Å². The van der Waals surface area contributed by atoms with Gasteiger partial charge in [0.2, 0.25) is 0 Å². The Kier molecular flexibility index (Phi) is 4.86. The van der Waals surface area contributed by atoms with Gasteiger partial charge in [0.15, 0.2) is 5.76 Å². The summed E-state index contributed by atoms with van der Waals surface area (Å²) in [6.45, 7) is 2.76. The zero-order valence-corrected chi connectivity index (χ0v) is 11.7. The predicted molar refractivity (Wildman–Crippen MR) is 77.7 cm³/mol. The minimum atomic E-state index is -0.158. The highest BCUT2D eigenvalue weighted by Gasteiger charge is 2.11. The summed E-state index contributed by atoms with van der Waals surface area (Å²) in [5.41, 5.74) is 0.739. The van der Waals surface area contributed by atoms with Crippen LogP contribution in [0.15, 0.2) is 34.7 Å². The third-order valence-electron chi connectivity index (χ3n) is 3.07. The van der Waals surface area contributed by atoms with E-state index < -0.39 is 0 Å². The Labute approximate surface area is 117 Å². The van der Waals surface area contributed by atoms with Gasteiger partial charge in [0, 0.05) is 17.8 Å². The highest BCUT2D eigenvalue weighted by Crippen LogP contribution is 2.18. The Morgan fingerprint density at radius 2 is 2.21 bits per heavy atom. The van der Waals surface area contributed by atoms with Crippen molar-refractivity contribution >= 4 is 28.5 Å². The maximum absolute atomic E-state index is 11.9. The van der Waals surface area contributed by atoms with Gasteiger partial charge in [0.1, 0.15) is 5.58 Å². The fraction of sp³-hybridized carbons (Fsp3) is 0.400. The first-order valence-electron chi connectivity index (χ1n) is 6.53. The number of nitrogens with one attached hydrogen (secondary N) is 1. The summed E-state index contributed by atoms with van der Waals surface area (Å²) in [5.74, 6) is 1.36. The highest BCUT2D eigenvalue weighted by molar-refractivity contribution is 6.18. The molecule has 0 aliphatic carbocycles. The first-order chi connectivity index (χ1) is 9.20. The van der Waals surface area contributed by atoms with Gasteiger partial charge < -0.3 is 9.73 Å². The molecule has 0 aliphatic rings. The van der Waals surface area contributed by atoms with E-state index in [1.165, 1.54) is 0 Å². The number of para-hydroxylation sites is 1. The molecule has 0 fully saturated rings. The lowest BCUT2D eigenvalue weighted by Gasteiger charge is -2.07. The van der Waals surface area contributed by atoms with E-state index in [2.05, 4.69) is 12.2 Å². The third-order valence-corrected chi connectivity index (χ3v) is 3.60. The number of fused-ring (bicyclic) bond motifs is 1. The van der Waals surface area contributed by atoms with Gasteiger partial charge in [0.05, 0.1) is 0 Å². The number of rotatable bonds is 6. The van der Waals surface area contributed by atoms with Crippen LogP contribution in [-0.2, 0) is 0 Å². The number of halogens is 1. The molecule has 0 saturated carbocycles. The number of furan rings is 1. The van der Waals surface area contributed by atoms with E-state index in [-0.39, 0.29) is 5.91 Å². The normalized spacial score (nSPS) is 12.5. The van der Waals surface area contributed by atoms with Crippen LogP contribution in [0.25, 0.3) is 11.0 Å². The van der Waals surface area contributed by atoms with Crippen LogP contribution in [0, 0.1) is 5.92 Å². The van der Waals surface area contributed by atoms with Crippen LogP contribution >= 0.6 is 11.6 Å². The predicted octanol–water partition coefficient (Wildman–Crippen LogP) is 3.82. The minimum absolute atomic E-state index is 0.158. The Morgan fingerprint density at radius 3 is 2.95 bits per heavy atom. The molecule has 2 rings (SSSR count). The van der Waals surface area contributed by atoms with Crippen molar-refractivity contribution in [3.05, 3.63) is 36.1 Å². The van der Waals surface area contributed by atoms with Gasteiger partial charge in [-0.3, -0.25) is 4.79 Å². The van der Waals surface area contributed by atoms with Crippen LogP contribution in [0.5, 0.6) is 0 Å². The zero-order chi connectivity index (χ0) is 13.7. The van der Waals surface area contributed by atoms with Crippen molar-refractivity contribution in [2.45, 2.75) is 19.8 Å². The van der Waals surface area contributed by atoms with Crippen molar-refractivity contribution < 1.29 is 9.21 Å². The molecule has 1 N–H and O–H groups in total. The lowest BCUT2D eigenvalue weighted by atomic mass is 10.1. The molecule has 0 aliphatic heterocycles. The van der Waals surface area contributed by atoms with Gasteiger partial charge in [-0.25, -0.2) is 0 Å². The molecule has 4 heteroatoms. The van der Waals surface area contributed by atoms with Gasteiger partial charge in [-0.05, 0) is 30.9 Å². The number of amides is 1. The standard InChI is InChI=1S/C15H18ClNO2/c1-11(10-16)5-4-8-17-15(18)14-9-12-6-2-3-7-13(12)19-14/h2-3,6-7,9,11H,4-5,8,10H2,1H3,(H,17,18). The molecule has 0 bridgehead atoms. The van der Waals surface area contributed by atoms with Crippen LogP contribution in [0.2, 0.25) is 0 Å². The van der Waals surface area contributed by atoms with Gasteiger partial charge in [-0.15, -0.1) is 11.6 Å². The lowest BCUT2D eigenvalue weighted by molar-refractivity contribution is 0.0927. The molecule has 3 nitrogen and oxygen atoms in total. The van der Waals surface area contributed by atoms with Gasteiger partial charge >= 0.3 is 0 Å². The molecule has 0 saturated heterocycles. The van der Waals surface area contributed by atoms with Crippen molar-refractivity contribution in [2.24, 2.45) is 5.92 Å². The van der Waals surface area contributed by atoms with Crippen LogP contribution in [0.4, 0.5) is 0 Å². The van der Waals surface area contributed by atoms with E-state index in [9.17, 15) is 4.79 Å². The summed E-state index contributed by atoms with van der Waals surface area (Å²) in [6.07, 6.45) is 1.95. The number of alkyl halides is 1.